The SMILES string of the molecule is C=CCOC(=O)N[C@@H](C(C)=O)[C@H](SCc1ccccc1Cl)C(=O)O. The van der Waals surface area contributed by atoms with Crippen LogP contribution in [0, 0.1) is 0 Å². The van der Waals surface area contributed by atoms with E-state index in [-0.39, 0.29) is 12.4 Å². The van der Waals surface area contributed by atoms with Crippen molar-refractivity contribution >= 4 is 41.2 Å². The van der Waals surface area contributed by atoms with Crippen LogP contribution in [0.5, 0.6) is 0 Å². The van der Waals surface area contributed by atoms with Gasteiger partial charge in [-0.2, -0.15) is 0 Å². The van der Waals surface area contributed by atoms with Gasteiger partial charge in [-0.15, -0.1) is 11.8 Å². The van der Waals surface area contributed by atoms with Crippen LogP contribution < -0.4 is 5.32 Å². The van der Waals surface area contributed by atoms with E-state index in [1.807, 2.05) is 0 Å². The Morgan fingerprint density at radius 3 is 2.62 bits per heavy atom. The number of thioether (sulfide) groups is 1. The number of amides is 1. The number of carboxylic acids is 1. The topological polar surface area (TPSA) is 92.7 Å². The first-order valence-corrected chi connectivity index (χ1v) is 8.42. The second-order valence-electron chi connectivity index (χ2n) is 4.78. The van der Waals surface area contributed by atoms with E-state index < -0.39 is 29.1 Å². The van der Waals surface area contributed by atoms with Crippen LogP contribution in [0.3, 0.4) is 0 Å². The van der Waals surface area contributed by atoms with Gasteiger partial charge in [-0.3, -0.25) is 9.59 Å². The van der Waals surface area contributed by atoms with E-state index in [0.717, 1.165) is 17.3 Å². The number of aliphatic carboxylic acids is 1. The van der Waals surface area contributed by atoms with Gasteiger partial charge in [-0.1, -0.05) is 42.5 Å². The van der Waals surface area contributed by atoms with Crippen LogP contribution in [0.4, 0.5) is 4.79 Å². The van der Waals surface area contributed by atoms with Crippen molar-refractivity contribution in [1.82, 2.24) is 5.32 Å². The van der Waals surface area contributed by atoms with E-state index in [1.165, 1.54) is 13.0 Å². The number of ketones is 1. The van der Waals surface area contributed by atoms with Gasteiger partial charge in [0.2, 0.25) is 0 Å². The Bertz CT molecular complexity index is 622. The number of ether oxygens (including phenoxy) is 1. The molecule has 1 rings (SSSR count). The van der Waals surface area contributed by atoms with Crippen LogP contribution in [0.1, 0.15) is 12.5 Å². The maximum atomic E-state index is 11.8. The number of carbonyl (C=O) groups excluding carboxylic acids is 2. The molecule has 1 amide bonds. The number of nitrogens with one attached hydrogen (secondary N) is 1. The van der Waals surface area contributed by atoms with Gasteiger partial charge in [0.05, 0.1) is 0 Å². The maximum Gasteiger partial charge on any atom is 0.408 e. The number of benzene rings is 1. The highest BCUT2D eigenvalue weighted by atomic mass is 35.5. The first-order valence-electron chi connectivity index (χ1n) is 6.99. The van der Waals surface area contributed by atoms with Crippen molar-refractivity contribution in [3.8, 4) is 0 Å². The third-order valence-electron chi connectivity index (χ3n) is 2.97. The van der Waals surface area contributed by atoms with Crippen LogP contribution in [-0.4, -0.2) is 40.9 Å². The summed E-state index contributed by atoms with van der Waals surface area (Å²) in [5.41, 5.74) is 0.743. The van der Waals surface area contributed by atoms with Gasteiger partial charge >= 0.3 is 12.1 Å². The smallest absolute Gasteiger partial charge is 0.408 e. The lowest BCUT2D eigenvalue weighted by molar-refractivity contribution is -0.138. The molecule has 0 radical (unpaired) electrons. The average molecular weight is 372 g/mol. The summed E-state index contributed by atoms with van der Waals surface area (Å²) < 4.78 is 4.74. The van der Waals surface area contributed by atoms with Crippen molar-refractivity contribution in [3.05, 3.63) is 47.5 Å². The summed E-state index contributed by atoms with van der Waals surface area (Å²) in [4.78, 5) is 34.9. The molecule has 0 aliphatic carbocycles. The molecule has 0 aromatic heterocycles. The fourth-order valence-electron chi connectivity index (χ4n) is 1.80. The molecule has 0 spiro atoms. The predicted molar refractivity (Wildman–Crippen MR) is 93.3 cm³/mol. The van der Waals surface area contributed by atoms with Crippen LogP contribution in [0.2, 0.25) is 5.02 Å². The predicted octanol–water partition coefficient (Wildman–Crippen LogP) is 2.90. The maximum absolute atomic E-state index is 11.8. The zero-order valence-electron chi connectivity index (χ0n) is 13.0. The standard InChI is InChI=1S/C16H18ClNO5S/c1-3-8-23-16(22)18-13(10(2)19)14(15(20)21)24-9-11-6-4-5-7-12(11)17/h3-7,13-14H,1,8-9H2,2H3,(H,18,22)(H,20,21)/t13-,14-/m0/s1. The van der Waals surface area contributed by atoms with Gasteiger partial charge in [0.25, 0.3) is 0 Å². The second-order valence-corrected chi connectivity index (χ2v) is 6.32. The quantitative estimate of drug-likeness (QED) is 0.648. The number of rotatable bonds is 9. The van der Waals surface area contributed by atoms with Gasteiger partial charge in [0.15, 0.2) is 5.78 Å². The largest absolute Gasteiger partial charge is 0.480 e. The zero-order valence-corrected chi connectivity index (χ0v) is 14.6. The van der Waals surface area contributed by atoms with E-state index in [0.29, 0.717) is 5.02 Å². The molecule has 0 saturated heterocycles. The lowest BCUT2D eigenvalue weighted by Gasteiger charge is -2.22. The van der Waals surface area contributed by atoms with Gasteiger partial charge in [0, 0.05) is 10.8 Å². The van der Waals surface area contributed by atoms with Crippen molar-refractivity contribution in [2.45, 2.75) is 24.0 Å². The van der Waals surface area contributed by atoms with Gasteiger partial charge in [0.1, 0.15) is 17.9 Å². The van der Waals surface area contributed by atoms with Crippen molar-refractivity contribution < 1.29 is 24.2 Å². The molecule has 0 bridgehead atoms. The summed E-state index contributed by atoms with van der Waals surface area (Å²) in [5, 5.41) is 11.0. The summed E-state index contributed by atoms with van der Waals surface area (Å²) in [7, 11) is 0. The Morgan fingerprint density at radius 1 is 1.42 bits per heavy atom. The lowest BCUT2D eigenvalue weighted by atomic mass is 10.1. The molecule has 0 unspecified atom stereocenters. The summed E-state index contributed by atoms with van der Waals surface area (Å²) in [6.45, 7) is 4.57. The normalized spacial score (nSPS) is 12.8. The highest BCUT2D eigenvalue weighted by molar-refractivity contribution is 7.99. The molecular formula is C16H18ClNO5S. The number of alkyl carbamates (subject to hydrolysis) is 1. The number of carbonyl (C=O) groups is 3. The van der Waals surface area contributed by atoms with Crippen molar-refractivity contribution in [3.63, 3.8) is 0 Å². The zero-order chi connectivity index (χ0) is 18.1. The van der Waals surface area contributed by atoms with Crippen molar-refractivity contribution in [2.24, 2.45) is 0 Å². The minimum atomic E-state index is -1.22. The molecule has 130 valence electrons. The van der Waals surface area contributed by atoms with Crippen LogP contribution in [0.15, 0.2) is 36.9 Å². The molecule has 0 heterocycles. The number of halogens is 1. The summed E-state index contributed by atoms with van der Waals surface area (Å²) >= 11 is 7.05. The molecule has 0 fully saturated rings. The molecule has 6 nitrogen and oxygen atoms in total. The van der Waals surface area contributed by atoms with Crippen LogP contribution in [0.25, 0.3) is 0 Å². The molecule has 0 aliphatic heterocycles. The fourth-order valence-corrected chi connectivity index (χ4v) is 3.29. The van der Waals surface area contributed by atoms with E-state index in [2.05, 4.69) is 11.9 Å². The number of hydrogen-bond acceptors (Lipinski definition) is 5. The van der Waals surface area contributed by atoms with E-state index in [4.69, 9.17) is 16.3 Å². The van der Waals surface area contributed by atoms with Crippen molar-refractivity contribution in [2.75, 3.05) is 6.61 Å². The van der Waals surface area contributed by atoms with E-state index in [1.54, 1.807) is 24.3 Å². The Morgan fingerprint density at radius 2 is 2.08 bits per heavy atom. The highest BCUT2D eigenvalue weighted by Gasteiger charge is 2.34. The summed E-state index contributed by atoms with van der Waals surface area (Å²) in [6.07, 6.45) is 0.489. The molecule has 2 N–H and O–H groups in total. The highest BCUT2D eigenvalue weighted by Crippen LogP contribution is 2.25. The van der Waals surface area contributed by atoms with Gasteiger partial charge < -0.3 is 15.2 Å². The summed E-state index contributed by atoms with van der Waals surface area (Å²) in [5.74, 6) is -1.41. The van der Waals surface area contributed by atoms with Crippen molar-refractivity contribution in [1.29, 1.82) is 0 Å². The molecule has 1 aromatic rings. The number of Topliss-reactive ketones (excluding diaryl/α,β-unsaturated/α-hetero) is 1. The third kappa shape index (κ3) is 6.25. The Kier molecular flexibility index (Phi) is 8.35. The summed E-state index contributed by atoms with van der Waals surface area (Å²) in [6, 6.07) is 5.79. The Hall–Kier alpha value is -1.99. The van der Waals surface area contributed by atoms with Crippen LogP contribution >= 0.6 is 23.4 Å². The third-order valence-corrected chi connectivity index (χ3v) is 4.65. The fraction of sp³-hybridized carbons (Fsp3) is 0.312. The molecule has 8 heteroatoms. The first kappa shape index (κ1) is 20.1. The number of hydrogen-bond donors (Lipinski definition) is 2. The molecule has 0 saturated carbocycles. The van der Waals surface area contributed by atoms with Gasteiger partial charge in [-0.25, -0.2) is 4.79 Å². The van der Waals surface area contributed by atoms with Gasteiger partial charge in [-0.05, 0) is 18.6 Å². The Balaban J connectivity index is 2.83. The molecule has 2 atom stereocenters. The van der Waals surface area contributed by atoms with E-state index >= 15 is 0 Å². The average Bonchev–Trinajstić information content (AvgIpc) is 2.53. The Labute approximate surface area is 149 Å². The lowest BCUT2D eigenvalue weighted by Crippen LogP contribution is -2.49. The molecule has 1 aromatic carbocycles. The first-order chi connectivity index (χ1) is 11.4. The minimum absolute atomic E-state index is 0.0407. The molecular weight excluding hydrogens is 354 g/mol. The minimum Gasteiger partial charge on any atom is -0.480 e. The molecule has 0 aliphatic rings. The number of carboxylic acid groups (broad SMARTS) is 1. The van der Waals surface area contributed by atoms with E-state index in [9.17, 15) is 19.5 Å². The second kappa shape index (κ2) is 10.00. The monoisotopic (exact) mass is 371 g/mol. The van der Waals surface area contributed by atoms with Crippen LogP contribution in [-0.2, 0) is 20.1 Å². The molecule has 24 heavy (non-hydrogen) atoms.